The van der Waals surface area contributed by atoms with E-state index in [2.05, 4.69) is 4.72 Å². The maximum Gasteiger partial charge on any atom is 0.253 e. The minimum absolute atomic E-state index is 0. The standard InChI is InChI=1S/C19H25N3O3S.ClH/c1-3-22(4-2)19(23)16-10-12-17(13-11-16)26(24,25)21-14-18(20)15-8-6-5-7-9-15;/h5-13,18,21H,3-4,14,20H2,1-2H3;1H. The highest BCUT2D eigenvalue weighted by atomic mass is 35.5. The van der Waals surface area contributed by atoms with Crippen LogP contribution >= 0.6 is 12.4 Å². The number of amides is 1. The van der Waals surface area contributed by atoms with E-state index in [1.54, 1.807) is 4.90 Å². The summed E-state index contributed by atoms with van der Waals surface area (Å²) in [5.74, 6) is -0.113. The van der Waals surface area contributed by atoms with E-state index in [-0.39, 0.29) is 29.8 Å². The zero-order chi connectivity index (χ0) is 19.2. The molecule has 1 amide bonds. The number of halogens is 1. The first-order valence-corrected chi connectivity index (χ1v) is 10.1. The second-order valence-corrected chi connectivity index (χ2v) is 7.64. The molecule has 3 N–H and O–H groups in total. The molecule has 2 aromatic rings. The Morgan fingerprint density at radius 2 is 1.59 bits per heavy atom. The molecule has 0 fully saturated rings. The molecular weight excluding hydrogens is 386 g/mol. The predicted molar refractivity (Wildman–Crippen MR) is 110 cm³/mol. The van der Waals surface area contributed by atoms with E-state index in [0.29, 0.717) is 18.7 Å². The molecule has 0 aromatic heterocycles. The molecular formula is C19H26ClN3O3S. The molecule has 0 aliphatic rings. The van der Waals surface area contributed by atoms with Crippen molar-refractivity contribution in [3.05, 3.63) is 65.7 Å². The normalized spacial score (nSPS) is 12.1. The van der Waals surface area contributed by atoms with E-state index in [4.69, 9.17) is 5.73 Å². The maximum atomic E-state index is 12.4. The summed E-state index contributed by atoms with van der Waals surface area (Å²) in [6.45, 7) is 5.11. The van der Waals surface area contributed by atoms with Crippen LogP contribution in [0.1, 0.15) is 35.8 Å². The van der Waals surface area contributed by atoms with Gasteiger partial charge in [0.15, 0.2) is 0 Å². The Hall–Kier alpha value is -1.93. The average Bonchev–Trinajstić information content (AvgIpc) is 2.68. The summed E-state index contributed by atoms with van der Waals surface area (Å²) in [6.07, 6.45) is 0. The number of hydrogen-bond acceptors (Lipinski definition) is 4. The SMILES string of the molecule is CCN(CC)C(=O)c1ccc(S(=O)(=O)NCC(N)c2ccccc2)cc1.Cl. The number of nitrogens with zero attached hydrogens (tertiary/aromatic N) is 1. The molecule has 1 atom stereocenters. The number of benzene rings is 2. The van der Waals surface area contributed by atoms with Gasteiger partial charge in [-0.15, -0.1) is 12.4 Å². The lowest BCUT2D eigenvalue weighted by molar-refractivity contribution is 0.0773. The van der Waals surface area contributed by atoms with Crippen molar-refractivity contribution < 1.29 is 13.2 Å². The first kappa shape index (κ1) is 23.1. The Bertz CT molecular complexity index is 823. The van der Waals surface area contributed by atoms with Gasteiger partial charge in [0.2, 0.25) is 10.0 Å². The third-order valence-electron chi connectivity index (χ3n) is 4.18. The second kappa shape index (κ2) is 10.4. The zero-order valence-electron chi connectivity index (χ0n) is 15.5. The summed E-state index contributed by atoms with van der Waals surface area (Å²) >= 11 is 0. The number of rotatable bonds is 8. The lowest BCUT2D eigenvalue weighted by Crippen LogP contribution is -2.32. The number of carbonyl (C=O) groups is 1. The van der Waals surface area contributed by atoms with Crippen molar-refractivity contribution in [1.29, 1.82) is 0 Å². The van der Waals surface area contributed by atoms with Crippen LogP contribution < -0.4 is 10.5 Å². The van der Waals surface area contributed by atoms with Gasteiger partial charge in [0.05, 0.1) is 4.90 Å². The van der Waals surface area contributed by atoms with Crippen LogP contribution in [0.3, 0.4) is 0 Å². The first-order valence-electron chi connectivity index (χ1n) is 8.58. The molecule has 8 heteroatoms. The molecule has 0 aliphatic carbocycles. The summed E-state index contributed by atoms with van der Waals surface area (Å²) in [5, 5.41) is 0. The Morgan fingerprint density at radius 1 is 1.04 bits per heavy atom. The van der Waals surface area contributed by atoms with Gasteiger partial charge in [0, 0.05) is 31.2 Å². The van der Waals surface area contributed by atoms with Crippen molar-refractivity contribution >= 4 is 28.3 Å². The smallest absolute Gasteiger partial charge is 0.253 e. The number of carbonyl (C=O) groups excluding carboxylic acids is 1. The third kappa shape index (κ3) is 6.04. The molecule has 0 saturated carbocycles. The minimum atomic E-state index is -3.69. The summed E-state index contributed by atoms with van der Waals surface area (Å²) in [5.41, 5.74) is 7.35. The Balaban J connectivity index is 0.00000364. The Kier molecular flexibility index (Phi) is 8.92. The number of nitrogens with two attached hydrogens (primary N) is 1. The van der Waals surface area contributed by atoms with Gasteiger partial charge in [-0.1, -0.05) is 30.3 Å². The fourth-order valence-electron chi connectivity index (χ4n) is 2.57. The number of nitrogens with one attached hydrogen (secondary N) is 1. The van der Waals surface area contributed by atoms with Gasteiger partial charge in [-0.05, 0) is 43.7 Å². The molecule has 0 spiro atoms. The van der Waals surface area contributed by atoms with Gasteiger partial charge in [0.1, 0.15) is 0 Å². The van der Waals surface area contributed by atoms with Crippen LogP contribution in [0, 0.1) is 0 Å². The molecule has 1 unspecified atom stereocenters. The molecule has 6 nitrogen and oxygen atoms in total. The van der Waals surface area contributed by atoms with E-state index in [1.807, 2.05) is 44.2 Å². The van der Waals surface area contributed by atoms with Crippen molar-refractivity contribution in [2.75, 3.05) is 19.6 Å². The summed E-state index contributed by atoms with van der Waals surface area (Å²) < 4.78 is 27.4. The largest absolute Gasteiger partial charge is 0.339 e. The fourth-order valence-corrected chi connectivity index (χ4v) is 3.63. The van der Waals surface area contributed by atoms with E-state index in [9.17, 15) is 13.2 Å². The van der Waals surface area contributed by atoms with Crippen LogP contribution in [0.2, 0.25) is 0 Å². The molecule has 0 saturated heterocycles. The predicted octanol–water partition coefficient (Wildman–Crippen LogP) is 2.57. The van der Waals surface area contributed by atoms with Crippen LogP contribution in [0.25, 0.3) is 0 Å². The van der Waals surface area contributed by atoms with Gasteiger partial charge in [-0.25, -0.2) is 13.1 Å². The van der Waals surface area contributed by atoms with E-state index in [1.165, 1.54) is 24.3 Å². The van der Waals surface area contributed by atoms with Gasteiger partial charge in [-0.2, -0.15) is 0 Å². The van der Waals surface area contributed by atoms with Gasteiger partial charge in [-0.3, -0.25) is 4.79 Å². The van der Waals surface area contributed by atoms with Gasteiger partial charge < -0.3 is 10.6 Å². The van der Waals surface area contributed by atoms with Crippen molar-refractivity contribution in [2.24, 2.45) is 5.73 Å². The van der Waals surface area contributed by atoms with E-state index >= 15 is 0 Å². The van der Waals surface area contributed by atoms with Crippen LogP contribution in [0.15, 0.2) is 59.5 Å². The van der Waals surface area contributed by atoms with Crippen LogP contribution in [-0.2, 0) is 10.0 Å². The molecule has 0 radical (unpaired) electrons. The topological polar surface area (TPSA) is 92.5 Å². The van der Waals surface area contributed by atoms with Gasteiger partial charge in [0.25, 0.3) is 5.91 Å². The summed E-state index contributed by atoms with van der Waals surface area (Å²) in [6, 6.07) is 14.8. The molecule has 2 aromatic carbocycles. The lowest BCUT2D eigenvalue weighted by atomic mass is 10.1. The van der Waals surface area contributed by atoms with Crippen LogP contribution in [-0.4, -0.2) is 38.9 Å². The third-order valence-corrected chi connectivity index (χ3v) is 5.62. The molecule has 0 aliphatic heterocycles. The highest BCUT2D eigenvalue weighted by Gasteiger charge is 2.18. The minimum Gasteiger partial charge on any atom is -0.339 e. The van der Waals surface area contributed by atoms with Crippen LogP contribution in [0.4, 0.5) is 0 Å². The van der Waals surface area contributed by atoms with E-state index < -0.39 is 16.1 Å². The maximum absolute atomic E-state index is 12.4. The average molecular weight is 412 g/mol. The highest BCUT2D eigenvalue weighted by Crippen LogP contribution is 2.14. The molecule has 0 bridgehead atoms. The monoisotopic (exact) mass is 411 g/mol. The first-order chi connectivity index (χ1) is 12.4. The molecule has 0 heterocycles. The Morgan fingerprint density at radius 3 is 2.11 bits per heavy atom. The molecule has 27 heavy (non-hydrogen) atoms. The summed E-state index contributed by atoms with van der Waals surface area (Å²) in [4.78, 5) is 14.1. The zero-order valence-corrected chi connectivity index (χ0v) is 17.1. The molecule has 148 valence electrons. The number of sulfonamides is 1. The quantitative estimate of drug-likeness (QED) is 0.698. The van der Waals surface area contributed by atoms with Crippen molar-refractivity contribution in [3.8, 4) is 0 Å². The molecule has 2 rings (SSSR count). The summed E-state index contributed by atoms with van der Waals surface area (Å²) in [7, 11) is -3.69. The van der Waals surface area contributed by atoms with E-state index in [0.717, 1.165) is 5.56 Å². The number of hydrogen-bond donors (Lipinski definition) is 2. The second-order valence-electron chi connectivity index (χ2n) is 5.87. The van der Waals surface area contributed by atoms with Crippen molar-refractivity contribution in [1.82, 2.24) is 9.62 Å². The lowest BCUT2D eigenvalue weighted by Gasteiger charge is -2.18. The van der Waals surface area contributed by atoms with Crippen molar-refractivity contribution in [3.63, 3.8) is 0 Å². The van der Waals surface area contributed by atoms with Crippen LogP contribution in [0.5, 0.6) is 0 Å². The highest BCUT2D eigenvalue weighted by molar-refractivity contribution is 7.89. The fraction of sp³-hybridized carbons (Fsp3) is 0.316. The van der Waals surface area contributed by atoms with Gasteiger partial charge >= 0.3 is 0 Å². The Labute approximate surface area is 167 Å². The van der Waals surface area contributed by atoms with Crippen molar-refractivity contribution in [2.45, 2.75) is 24.8 Å².